The van der Waals surface area contributed by atoms with Crippen molar-refractivity contribution >= 4 is 11.9 Å². The number of amides is 1. The number of nitrogens with one attached hydrogen (secondary N) is 1. The number of rotatable bonds is 3. The van der Waals surface area contributed by atoms with E-state index >= 15 is 0 Å². The monoisotopic (exact) mass is 247 g/mol. The molecule has 0 bridgehead atoms. The van der Waals surface area contributed by atoms with Gasteiger partial charge in [0.2, 0.25) is 0 Å². The van der Waals surface area contributed by atoms with Crippen molar-refractivity contribution in [3.63, 3.8) is 0 Å². The van der Waals surface area contributed by atoms with Crippen molar-refractivity contribution in [2.75, 3.05) is 0 Å². The Balaban J connectivity index is 2.11. The zero-order valence-corrected chi connectivity index (χ0v) is 10.3. The quantitative estimate of drug-likeness (QED) is 0.861. The molecular formula is C14H17NO3. The summed E-state index contributed by atoms with van der Waals surface area (Å²) in [7, 11) is 0. The molecule has 1 aliphatic carbocycles. The van der Waals surface area contributed by atoms with E-state index in [9.17, 15) is 9.59 Å². The maximum atomic E-state index is 12.1. The van der Waals surface area contributed by atoms with Gasteiger partial charge in [0.05, 0.1) is 11.1 Å². The zero-order valence-electron chi connectivity index (χ0n) is 10.3. The van der Waals surface area contributed by atoms with Crippen molar-refractivity contribution in [3.05, 3.63) is 35.4 Å². The second kappa shape index (κ2) is 5.21. The number of carboxylic acid groups (broad SMARTS) is 1. The largest absolute Gasteiger partial charge is 0.478 e. The van der Waals surface area contributed by atoms with Gasteiger partial charge < -0.3 is 10.4 Å². The highest BCUT2D eigenvalue weighted by Gasteiger charge is 2.24. The Morgan fingerprint density at radius 3 is 2.44 bits per heavy atom. The average molecular weight is 247 g/mol. The molecular weight excluding hydrogens is 230 g/mol. The summed E-state index contributed by atoms with van der Waals surface area (Å²) in [4.78, 5) is 23.1. The van der Waals surface area contributed by atoms with Crippen molar-refractivity contribution < 1.29 is 14.7 Å². The molecule has 2 unspecified atom stereocenters. The minimum absolute atomic E-state index is 0.0565. The van der Waals surface area contributed by atoms with Gasteiger partial charge in [-0.05, 0) is 37.3 Å². The van der Waals surface area contributed by atoms with E-state index in [4.69, 9.17) is 5.11 Å². The molecule has 1 fully saturated rings. The summed E-state index contributed by atoms with van der Waals surface area (Å²) in [6, 6.07) is 6.48. The predicted octanol–water partition coefficient (Wildman–Crippen LogP) is 2.30. The minimum Gasteiger partial charge on any atom is -0.478 e. The van der Waals surface area contributed by atoms with Crippen LogP contribution in [0.2, 0.25) is 0 Å². The molecule has 2 atom stereocenters. The highest BCUT2D eigenvalue weighted by atomic mass is 16.4. The Morgan fingerprint density at radius 2 is 1.89 bits per heavy atom. The van der Waals surface area contributed by atoms with Crippen LogP contribution in [0.5, 0.6) is 0 Å². The molecule has 1 saturated carbocycles. The number of hydrogen-bond acceptors (Lipinski definition) is 2. The van der Waals surface area contributed by atoms with Crippen LogP contribution in [0.25, 0.3) is 0 Å². The van der Waals surface area contributed by atoms with Gasteiger partial charge in [0.25, 0.3) is 5.91 Å². The summed E-state index contributed by atoms with van der Waals surface area (Å²) in [6.45, 7) is 2.16. The molecule has 2 N–H and O–H groups in total. The van der Waals surface area contributed by atoms with Gasteiger partial charge in [-0.2, -0.15) is 0 Å². The summed E-state index contributed by atoms with van der Waals surface area (Å²) in [6.07, 6.45) is 3.06. The topological polar surface area (TPSA) is 66.4 Å². The van der Waals surface area contributed by atoms with Gasteiger partial charge in [-0.25, -0.2) is 4.79 Å². The van der Waals surface area contributed by atoms with Crippen LogP contribution in [0.3, 0.4) is 0 Å². The second-order valence-corrected chi connectivity index (χ2v) is 4.94. The van der Waals surface area contributed by atoms with Crippen LogP contribution >= 0.6 is 0 Å². The molecule has 1 aliphatic rings. The third-order valence-corrected chi connectivity index (χ3v) is 3.43. The van der Waals surface area contributed by atoms with E-state index in [0.717, 1.165) is 19.3 Å². The van der Waals surface area contributed by atoms with E-state index in [2.05, 4.69) is 12.2 Å². The van der Waals surface area contributed by atoms with Gasteiger partial charge in [0.1, 0.15) is 0 Å². The van der Waals surface area contributed by atoms with Crippen LogP contribution in [-0.4, -0.2) is 23.0 Å². The van der Waals surface area contributed by atoms with Gasteiger partial charge >= 0.3 is 5.97 Å². The maximum absolute atomic E-state index is 12.1. The molecule has 0 heterocycles. The van der Waals surface area contributed by atoms with Crippen molar-refractivity contribution in [1.82, 2.24) is 5.32 Å². The highest BCUT2D eigenvalue weighted by molar-refractivity contribution is 6.04. The Bertz CT molecular complexity index is 470. The predicted molar refractivity (Wildman–Crippen MR) is 67.7 cm³/mol. The van der Waals surface area contributed by atoms with Crippen LogP contribution in [0, 0.1) is 5.92 Å². The lowest BCUT2D eigenvalue weighted by atomic mass is 10.1. The third kappa shape index (κ3) is 2.70. The molecule has 1 amide bonds. The number of hydrogen-bond donors (Lipinski definition) is 2. The van der Waals surface area contributed by atoms with Gasteiger partial charge in [-0.15, -0.1) is 0 Å². The van der Waals surface area contributed by atoms with Crippen molar-refractivity contribution in [3.8, 4) is 0 Å². The Labute approximate surface area is 106 Å². The first-order chi connectivity index (χ1) is 8.58. The number of benzene rings is 1. The summed E-state index contributed by atoms with van der Waals surface area (Å²) < 4.78 is 0. The van der Waals surface area contributed by atoms with Crippen LogP contribution in [0.15, 0.2) is 24.3 Å². The Morgan fingerprint density at radius 1 is 1.22 bits per heavy atom. The molecule has 0 saturated heterocycles. The van der Waals surface area contributed by atoms with Crippen LogP contribution in [0.1, 0.15) is 46.9 Å². The molecule has 0 aliphatic heterocycles. The molecule has 1 aromatic carbocycles. The lowest BCUT2D eigenvalue weighted by Crippen LogP contribution is -2.33. The Hall–Kier alpha value is -1.84. The van der Waals surface area contributed by atoms with E-state index in [1.165, 1.54) is 6.07 Å². The fourth-order valence-electron chi connectivity index (χ4n) is 2.47. The standard InChI is InChI=1S/C14H17NO3/c1-9-6-7-10(8-9)15-13(16)11-4-2-3-5-12(11)14(17)18/h2-5,9-10H,6-8H2,1H3,(H,15,16)(H,17,18). The summed E-state index contributed by atoms with van der Waals surface area (Å²) in [5.74, 6) is -0.724. The molecule has 96 valence electrons. The molecule has 0 radical (unpaired) electrons. The third-order valence-electron chi connectivity index (χ3n) is 3.43. The molecule has 1 aromatic rings. The molecule has 18 heavy (non-hydrogen) atoms. The second-order valence-electron chi connectivity index (χ2n) is 4.94. The van der Waals surface area contributed by atoms with Crippen molar-refractivity contribution in [1.29, 1.82) is 0 Å². The van der Waals surface area contributed by atoms with E-state index in [1.54, 1.807) is 18.2 Å². The lowest BCUT2D eigenvalue weighted by Gasteiger charge is -2.13. The average Bonchev–Trinajstić information content (AvgIpc) is 2.74. The van der Waals surface area contributed by atoms with Gasteiger partial charge in [0.15, 0.2) is 0 Å². The first-order valence-corrected chi connectivity index (χ1v) is 6.21. The smallest absolute Gasteiger partial charge is 0.336 e. The van der Waals surface area contributed by atoms with Gasteiger partial charge in [-0.1, -0.05) is 19.1 Å². The fraction of sp³-hybridized carbons (Fsp3) is 0.429. The summed E-state index contributed by atoms with van der Waals surface area (Å²) >= 11 is 0. The fourth-order valence-corrected chi connectivity index (χ4v) is 2.47. The molecule has 0 aromatic heterocycles. The SMILES string of the molecule is CC1CCC(NC(=O)c2ccccc2C(=O)O)C1. The van der Waals surface area contributed by atoms with E-state index in [1.807, 2.05) is 0 Å². The zero-order chi connectivity index (χ0) is 13.1. The van der Waals surface area contributed by atoms with Gasteiger partial charge in [0, 0.05) is 6.04 Å². The van der Waals surface area contributed by atoms with Crippen LogP contribution in [-0.2, 0) is 0 Å². The maximum Gasteiger partial charge on any atom is 0.336 e. The van der Waals surface area contributed by atoms with Crippen LogP contribution in [0.4, 0.5) is 0 Å². The first kappa shape index (κ1) is 12.6. The lowest BCUT2D eigenvalue weighted by molar-refractivity contribution is 0.0690. The van der Waals surface area contributed by atoms with E-state index < -0.39 is 5.97 Å². The van der Waals surface area contributed by atoms with Crippen molar-refractivity contribution in [2.45, 2.75) is 32.2 Å². The molecule has 2 rings (SSSR count). The number of carbonyl (C=O) groups excluding carboxylic acids is 1. The number of carbonyl (C=O) groups is 2. The number of carboxylic acids is 1. The first-order valence-electron chi connectivity index (χ1n) is 6.21. The molecule has 4 nitrogen and oxygen atoms in total. The summed E-state index contributed by atoms with van der Waals surface area (Å²) in [5, 5.41) is 12.0. The Kier molecular flexibility index (Phi) is 3.65. The van der Waals surface area contributed by atoms with E-state index in [-0.39, 0.29) is 23.1 Å². The molecule has 4 heteroatoms. The van der Waals surface area contributed by atoms with Crippen molar-refractivity contribution in [2.24, 2.45) is 5.92 Å². The molecule has 0 spiro atoms. The van der Waals surface area contributed by atoms with Crippen LogP contribution < -0.4 is 5.32 Å². The highest BCUT2D eigenvalue weighted by Crippen LogP contribution is 2.25. The number of aromatic carboxylic acids is 1. The summed E-state index contributed by atoms with van der Waals surface area (Å²) in [5.41, 5.74) is 0.297. The van der Waals surface area contributed by atoms with E-state index in [0.29, 0.717) is 5.92 Å². The minimum atomic E-state index is -1.07. The van der Waals surface area contributed by atoms with Gasteiger partial charge in [-0.3, -0.25) is 4.79 Å². The normalized spacial score (nSPS) is 22.7.